The fourth-order valence-electron chi connectivity index (χ4n) is 2.42. The highest BCUT2D eigenvalue weighted by atomic mass is 16.3. The lowest BCUT2D eigenvalue weighted by Gasteiger charge is -2.17. The van der Waals surface area contributed by atoms with Crippen molar-refractivity contribution in [1.29, 1.82) is 0 Å². The molecule has 2 aromatic rings. The van der Waals surface area contributed by atoms with Gasteiger partial charge in [-0.3, -0.25) is 4.79 Å². The molecule has 5 heteroatoms. The van der Waals surface area contributed by atoms with E-state index in [0.717, 1.165) is 18.4 Å². The Hall–Kier alpha value is -2.14. The Morgan fingerprint density at radius 1 is 1.33 bits per heavy atom. The number of aromatic nitrogens is 2. The average molecular weight is 285 g/mol. The second kappa shape index (κ2) is 6.10. The molecule has 0 radical (unpaired) electrons. The van der Waals surface area contributed by atoms with Crippen molar-refractivity contribution in [1.82, 2.24) is 9.55 Å². The van der Waals surface area contributed by atoms with E-state index in [9.17, 15) is 9.90 Å². The summed E-state index contributed by atoms with van der Waals surface area (Å²) < 4.78 is 1.73. The second-order valence-electron chi connectivity index (χ2n) is 5.43. The van der Waals surface area contributed by atoms with Gasteiger partial charge in [-0.05, 0) is 24.8 Å². The Kier molecular flexibility index (Phi) is 4.01. The van der Waals surface area contributed by atoms with Crippen LogP contribution in [0.25, 0.3) is 0 Å². The van der Waals surface area contributed by atoms with Gasteiger partial charge in [0.1, 0.15) is 0 Å². The van der Waals surface area contributed by atoms with Crippen molar-refractivity contribution < 1.29 is 5.11 Å². The Morgan fingerprint density at radius 2 is 2.10 bits per heavy atom. The predicted molar refractivity (Wildman–Crippen MR) is 81.4 cm³/mol. The molecule has 5 nitrogen and oxygen atoms in total. The molecule has 1 aromatic carbocycles. The van der Waals surface area contributed by atoms with E-state index < -0.39 is 0 Å². The van der Waals surface area contributed by atoms with Crippen molar-refractivity contribution in [3.63, 3.8) is 0 Å². The van der Waals surface area contributed by atoms with Gasteiger partial charge in [0.05, 0.1) is 12.6 Å². The van der Waals surface area contributed by atoms with E-state index >= 15 is 0 Å². The molecule has 1 unspecified atom stereocenters. The quantitative estimate of drug-likeness (QED) is 0.846. The van der Waals surface area contributed by atoms with Crippen LogP contribution in [-0.2, 0) is 6.42 Å². The zero-order valence-electron chi connectivity index (χ0n) is 11.8. The van der Waals surface area contributed by atoms with Crippen LogP contribution in [0.5, 0.6) is 0 Å². The Balaban J connectivity index is 1.75. The van der Waals surface area contributed by atoms with Crippen molar-refractivity contribution in [2.45, 2.75) is 31.3 Å². The first-order valence-corrected chi connectivity index (χ1v) is 7.26. The van der Waals surface area contributed by atoms with Gasteiger partial charge in [0.15, 0.2) is 5.82 Å². The zero-order valence-corrected chi connectivity index (χ0v) is 11.8. The van der Waals surface area contributed by atoms with Crippen LogP contribution in [0.3, 0.4) is 0 Å². The van der Waals surface area contributed by atoms with Gasteiger partial charge >= 0.3 is 0 Å². The van der Waals surface area contributed by atoms with Crippen LogP contribution in [0.4, 0.5) is 5.82 Å². The molecule has 0 spiro atoms. The number of nitrogens with one attached hydrogen (secondary N) is 1. The van der Waals surface area contributed by atoms with E-state index in [-0.39, 0.29) is 18.2 Å². The summed E-state index contributed by atoms with van der Waals surface area (Å²) in [6.45, 7) is -0.0473. The number of anilines is 1. The first kappa shape index (κ1) is 13.8. The summed E-state index contributed by atoms with van der Waals surface area (Å²) in [6, 6.07) is 9.99. The van der Waals surface area contributed by atoms with Gasteiger partial charge < -0.3 is 15.0 Å². The summed E-state index contributed by atoms with van der Waals surface area (Å²) in [4.78, 5) is 16.4. The van der Waals surface area contributed by atoms with E-state index in [1.165, 1.54) is 0 Å². The molecule has 2 N–H and O–H groups in total. The smallest absolute Gasteiger partial charge is 0.293 e. The van der Waals surface area contributed by atoms with E-state index in [4.69, 9.17) is 0 Å². The SMILES string of the molecule is O=c1c(NC(CO)Cc2ccccc2)nccn1C1CC1. The highest BCUT2D eigenvalue weighted by Gasteiger charge is 2.25. The third-order valence-electron chi connectivity index (χ3n) is 3.69. The molecule has 0 amide bonds. The number of hydrogen-bond donors (Lipinski definition) is 2. The van der Waals surface area contributed by atoms with Gasteiger partial charge in [-0.25, -0.2) is 4.98 Å². The fourth-order valence-corrected chi connectivity index (χ4v) is 2.42. The van der Waals surface area contributed by atoms with Crippen LogP contribution < -0.4 is 10.9 Å². The molecule has 0 saturated heterocycles. The molecule has 1 heterocycles. The second-order valence-corrected chi connectivity index (χ2v) is 5.43. The average Bonchev–Trinajstić information content (AvgIpc) is 3.34. The molecule has 3 rings (SSSR count). The predicted octanol–water partition coefficient (Wildman–Crippen LogP) is 1.59. The van der Waals surface area contributed by atoms with Crippen molar-refractivity contribution in [2.24, 2.45) is 0 Å². The van der Waals surface area contributed by atoms with Crippen LogP contribution >= 0.6 is 0 Å². The van der Waals surface area contributed by atoms with Gasteiger partial charge in [-0.2, -0.15) is 0 Å². The summed E-state index contributed by atoms with van der Waals surface area (Å²) in [5.74, 6) is 0.319. The van der Waals surface area contributed by atoms with Gasteiger partial charge in [-0.1, -0.05) is 30.3 Å². The van der Waals surface area contributed by atoms with Crippen molar-refractivity contribution in [3.8, 4) is 0 Å². The van der Waals surface area contributed by atoms with Gasteiger partial charge in [0.25, 0.3) is 5.56 Å². The number of nitrogens with zero attached hydrogens (tertiary/aromatic N) is 2. The number of benzene rings is 1. The third kappa shape index (κ3) is 3.31. The van der Waals surface area contributed by atoms with E-state index in [0.29, 0.717) is 18.3 Å². The van der Waals surface area contributed by atoms with E-state index in [1.807, 2.05) is 30.3 Å². The van der Waals surface area contributed by atoms with Gasteiger partial charge in [0.2, 0.25) is 0 Å². The molecule has 0 bridgehead atoms. The molecule has 1 atom stereocenters. The first-order valence-electron chi connectivity index (χ1n) is 7.26. The lowest BCUT2D eigenvalue weighted by molar-refractivity contribution is 0.273. The standard InChI is InChI=1S/C16H19N3O2/c20-11-13(10-12-4-2-1-3-5-12)18-15-16(21)19(9-8-17-15)14-6-7-14/h1-5,8-9,13-14,20H,6-7,10-11H2,(H,17,18). The molecule has 110 valence electrons. The number of hydrogen-bond acceptors (Lipinski definition) is 4. The lowest BCUT2D eigenvalue weighted by atomic mass is 10.1. The highest BCUT2D eigenvalue weighted by molar-refractivity contribution is 5.33. The minimum absolute atomic E-state index is 0.0473. The minimum atomic E-state index is -0.220. The topological polar surface area (TPSA) is 67.2 Å². The number of aliphatic hydroxyl groups is 1. The fraction of sp³-hybridized carbons (Fsp3) is 0.375. The molecule has 1 fully saturated rings. The van der Waals surface area contributed by atoms with Crippen LogP contribution in [0.2, 0.25) is 0 Å². The lowest BCUT2D eigenvalue weighted by Crippen LogP contribution is -2.32. The first-order chi connectivity index (χ1) is 10.3. The monoisotopic (exact) mass is 285 g/mol. The molecular weight excluding hydrogens is 266 g/mol. The maximum absolute atomic E-state index is 12.3. The van der Waals surface area contributed by atoms with Crippen LogP contribution in [0, 0.1) is 0 Å². The van der Waals surface area contributed by atoms with Gasteiger partial charge in [0, 0.05) is 18.4 Å². The van der Waals surface area contributed by atoms with E-state index in [2.05, 4.69) is 10.3 Å². The number of rotatable bonds is 6. The molecule has 1 aliphatic rings. The molecule has 1 saturated carbocycles. The molecule has 21 heavy (non-hydrogen) atoms. The van der Waals surface area contributed by atoms with E-state index in [1.54, 1.807) is 17.0 Å². The number of aliphatic hydroxyl groups excluding tert-OH is 1. The normalized spacial score (nSPS) is 15.7. The molecule has 1 aromatic heterocycles. The molecule has 0 aliphatic heterocycles. The highest BCUT2D eigenvalue weighted by Crippen LogP contribution is 2.33. The Labute approximate surface area is 123 Å². The van der Waals surface area contributed by atoms with Gasteiger partial charge in [-0.15, -0.1) is 0 Å². The summed E-state index contributed by atoms with van der Waals surface area (Å²) in [5, 5.41) is 12.6. The maximum Gasteiger partial charge on any atom is 0.293 e. The third-order valence-corrected chi connectivity index (χ3v) is 3.69. The Morgan fingerprint density at radius 3 is 2.76 bits per heavy atom. The molecule has 1 aliphatic carbocycles. The Bertz CT molecular complexity index is 650. The largest absolute Gasteiger partial charge is 0.394 e. The summed E-state index contributed by atoms with van der Waals surface area (Å²) >= 11 is 0. The zero-order chi connectivity index (χ0) is 14.7. The summed E-state index contributed by atoms with van der Waals surface area (Å²) in [6.07, 6.45) is 6.12. The minimum Gasteiger partial charge on any atom is -0.394 e. The van der Waals surface area contributed by atoms with Crippen molar-refractivity contribution >= 4 is 5.82 Å². The van der Waals surface area contributed by atoms with Crippen LogP contribution in [-0.4, -0.2) is 27.3 Å². The van der Waals surface area contributed by atoms with Crippen molar-refractivity contribution in [3.05, 3.63) is 58.6 Å². The van der Waals surface area contributed by atoms with Crippen molar-refractivity contribution in [2.75, 3.05) is 11.9 Å². The summed E-state index contributed by atoms with van der Waals surface area (Å²) in [5.41, 5.74) is 1.01. The maximum atomic E-state index is 12.3. The summed E-state index contributed by atoms with van der Waals surface area (Å²) in [7, 11) is 0. The van der Waals surface area contributed by atoms with Crippen LogP contribution in [0.15, 0.2) is 47.5 Å². The van der Waals surface area contributed by atoms with Crippen LogP contribution in [0.1, 0.15) is 24.4 Å². The molecular formula is C16H19N3O2.